The molecule has 1 aromatic carbocycles. The van der Waals surface area contributed by atoms with Crippen LogP contribution in [-0.2, 0) is 0 Å². The summed E-state index contributed by atoms with van der Waals surface area (Å²) in [6.45, 7) is 6.73. The average molecular weight is 274 g/mol. The molecule has 0 aliphatic carbocycles. The fraction of sp³-hybridized carbons (Fsp3) is 0.571. The number of halogens is 2. The molecule has 0 amide bonds. The summed E-state index contributed by atoms with van der Waals surface area (Å²) in [5, 5.41) is 4.79. The van der Waals surface area contributed by atoms with Crippen LogP contribution in [0.5, 0.6) is 0 Å². The third-order valence-corrected chi connectivity index (χ3v) is 3.54. The van der Waals surface area contributed by atoms with E-state index in [0.717, 1.165) is 28.5 Å². The molecule has 1 N–H and O–H groups in total. The molecule has 0 bridgehead atoms. The van der Waals surface area contributed by atoms with Crippen LogP contribution in [0.4, 0.5) is 0 Å². The van der Waals surface area contributed by atoms with Gasteiger partial charge in [0.15, 0.2) is 0 Å². The van der Waals surface area contributed by atoms with Crippen LogP contribution in [0.25, 0.3) is 0 Å². The summed E-state index contributed by atoms with van der Waals surface area (Å²) in [6.07, 6.45) is 2.16. The Morgan fingerprint density at radius 3 is 2.12 bits per heavy atom. The Morgan fingerprint density at radius 2 is 1.71 bits per heavy atom. The van der Waals surface area contributed by atoms with E-state index in [1.54, 1.807) is 0 Å². The molecule has 1 unspecified atom stereocenters. The number of nitrogens with one attached hydrogen (secondary N) is 1. The second-order valence-corrected chi connectivity index (χ2v) is 6.39. The predicted molar refractivity (Wildman–Crippen MR) is 77.0 cm³/mol. The highest BCUT2D eigenvalue weighted by Gasteiger charge is 2.19. The van der Waals surface area contributed by atoms with Crippen LogP contribution in [0.2, 0.25) is 10.0 Å². The Labute approximate surface area is 115 Å². The summed E-state index contributed by atoms with van der Waals surface area (Å²) in [5.41, 5.74) is 1.34. The number of benzene rings is 1. The molecule has 0 saturated carbocycles. The third-order valence-electron chi connectivity index (χ3n) is 2.88. The van der Waals surface area contributed by atoms with Crippen LogP contribution in [0.3, 0.4) is 0 Å². The van der Waals surface area contributed by atoms with Gasteiger partial charge in [-0.25, -0.2) is 0 Å². The van der Waals surface area contributed by atoms with Crippen molar-refractivity contribution in [3.63, 3.8) is 0 Å². The van der Waals surface area contributed by atoms with Gasteiger partial charge in [-0.1, -0.05) is 50.0 Å². The second kappa shape index (κ2) is 6.08. The fourth-order valence-corrected chi connectivity index (χ4v) is 2.51. The van der Waals surface area contributed by atoms with E-state index >= 15 is 0 Å². The topological polar surface area (TPSA) is 12.0 Å². The van der Waals surface area contributed by atoms with Crippen molar-refractivity contribution in [1.82, 2.24) is 5.32 Å². The molecule has 96 valence electrons. The standard InChI is InChI=1S/C14H21Cl2N/c1-14(2,3)9-8-12(17-4)13-10(15)6-5-7-11(13)16/h5-7,12,17H,8-9H2,1-4H3. The Kier molecular flexibility index (Phi) is 5.30. The molecule has 1 aromatic rings. The molecule has 1 nitrogen and oxygen atoms in total. The molecule has 0 fully saturated rings. The van der Waals surface area contributed by atoms with E-state index in [0.29, 0.717) is 5.41 Å². The van der Waals surface area contributed by atoms with Crippen molar-refractivity contribution in [2.75, 3.05) is 7.05 Å². The summed E-state index contributed by atoms with van der Waals surface area (Å²) in [5.74, 6) is 0. The zero-order valence-electron chi connectivity index (χ0n) is 11.0. The van der Waals surface area contributed by atoms with Gasteiger partial charge in [-0.05, 0) is 37.4 Å². The maximum Gasteiger partial charge on any atom is 0.0468 e. The van der Waals surface area contributed by atoms with Crippen LogP contribution < -0.4 is 5.32 Å². The van der Waals surface area contributed by atoms with E-state index in [-0.39, 0.29) is 6.04 Å². The second-order valence-electron chi connectivity index (χ2n) is 5.58. The number of rotatable bonds is 4. The zero-order valence-corrected chi connectivity index (χ0v) is 12.5. The van der Waals surface area contributed by atoms with Gasteiger partial charge < -0.3 is 5.32 Å². The van der Waals surface area contributed by atoms with E-state index < -0.39 is 0 Å². The Balaban J connectivity index is 2.87. The molecule has 0 heterocycles. The van der Waals surface area contributed by atoms with Gasteiger partial charge in [0, 0.05) is 21.7 Å². The molecule has 0 aromatic heterocycles. The first-order valence-corrected chi connectivity index (χ1v) is 6.72. The summed E-state index contributed by atoms with van der Waals surface area (Å²) < 4.78 is 0. The van der Waals surface area contributed by atoms with E-state index in [9.17, 15) is 0 Å². The molecular formula is C14H21Cl2N. The minimum atomic E-state index is 0.218. The quantitative estimate of drug-likeness (QED) is 0.807. The maximum absolute atomic E-state index is 6.23. The van der Waals surface area contributed by atoms with Crippen LogP contribution >= 0.6 is 23.2 Å². The van der Waals surface area contributed by atoms with Crippen molar-refractivity contribution < 1.29 is 0 Å². The van der Waals surface area contributed by atoms with Crippen LogP contribution in [0.1, 0.15) is 45.2 Å². The summed E-state index contributed by atoms with van der Waals surface area (Å²) >= 11 is 12.5. The lowest BCUT2D eigenvalue weighted by atomic mass is 9.87. The average Bonchev–Trinajstić information content (AvgIpc) is 2.21. The van der Waals surface area contributed by atoms with E-state index in [1.165, 1.54) is 0 Å². The van der Waals surface area contributed by atoms with Gasteiger partial charge in [0.05, 0.1) is 0 Å². The van der Waals surface area contributed by atoms with Gasteiger partial charge in [0.25, 0.3) is 0 Å². The summed E-state index contributed by atoms with van der Waals surface area (Å²) in [7, 11) is 1.95. The number of hydrogen-bond donors (Lipinski definition) is 1. The molecule has 1 rings (SSSR count). The van der Waals surface area contributed by atoms with Gasteiger partial charge in [-0.2, -0.15) is 0 Å². The SMILES string of the molecule is CNC(CCC(C)(C)C)c1c(Cl)cccc1Cl. The predicted octanol–water partition coefficient (Wildman–Crippen LogP) is 5.08. The Bertz CT molecular complexity index is 349. The van der Waals surface area contributed by atoms with Crippen LogP contribution in [0, 0.1) is 5.41 Å². The lowest BCUT2D eigenvalue weighted by molar-refractivity contribution is 0.338. The fourth-order valence-electron chi connectivity index (χ4n) is 1.85. The Hall–Kier alpha value is -0.240. The first-order valence-electron chi connectivity index (χ1n) is 5.96. The number of hydrogen-bond acceptors (Lipinski definition) is 1. The lowest BCUT2D eigenvalue weighted by Crippen LogP contribution is -2.19. The monoisotopic (exact) mass is 273 g/mol. The first kappa shape index (κ1) is 14.8. The summed E-state index contributed by atoms with van der Waals surface area (Å²) in [6, 6.07) is 5.88. The van der Waals surface area contributed by atoms with Crippen molar-refractivity contribution in [2.24, 2.45) is 5.41 Å². The Morgan fingerprint density at radius 1 is 1.18 bits per heavy atom. The minimum Gasteiger partial charge on any atom is -0.313 e. The zero-order chi connectivity index (χ0) is 13.1. The molecule has 0 radical (unpaired) electrons. The third kappa shape index (κ3) is 4.50. The maximum atomic E-state index is 6.23. The molecule has 0 aliphatic heterocycles. The molecular weight excluding hydrogens is 253 g/mol. The minimum absolute atomic E-state index is 0.218. The molecule has 1 atom stereocenters. The van der Waals surface area contributed by atoms with Crippen LogP contribution in [-0.4, -0.2) is 7.05 Å². The highest BCUT2D eigenvalue weighted by atomic mass is 35.5. The molecule has 3 heteroatoms. The van der Waals surface area contributed by atoms with Crippen molar-refractivity contribution >= 4 is 23.2 Å². The van der Waals surface area contributed by atoms with Crippen molar-refractivity contribution in [3.05, 3.63) is 33.8 Å². The van der Waals surface area contributed by atoms with Gasteiger partial charge in [-0.15, -0.1) is 0 Å². The van der Waals surface area contributed by atoms with Crippen molar-refractivity contribution in [2.45, 2.75) is 39.7 Å². The van der Waals surface area contributed by atoms with Gasteiger partial charge in [0.1, 0.15) is 0 Å². The van der Waals surface area contributed by atoms with E-state index in [4.69, 9.17) is 23.2 Å². The van der Waals surface area contributed by atoms with Crippen LogP contribution in [0.15, 0.2) is 18.2 Å². The molecule has 0 spiro atoms. The molecule has 0 saturated heterocycles. The van der Waals surface area contributed by atoms with E-state index in [2.05, 4.69) is 26.1 Å². The smallest absolute Gasteiger partial charge is 0.0468 e. The van der Waals surface area contributed by atoms with E-state index in [1.807, 2.05) is 25.2 Å². The summed E-state index contributed by atoms with van der Waals surface area (Å²) in [4.78, 5) is 0. The molecule has 17 heavy (non-hydrogen) atoms. The highest BCUT2D eigenvalue weighted by Crippen LogP contribution is 2.34. The largest absolute Gasteiger partial charge is 0.313 e. The van der Waals surface area contributed by atoms with Crippen molar-refractivity contribution in [1.29, 1.82) is 0 Å². The molecule has 0 aliphatic rings. The first-order chi connectivity index (χ1) is 7.85. The highest BCUT2D eigenvalue weighted by molar-refractivity contribution is 6.36. The van der Waals surface area contributed by atoms with Crippen molar-refractivity contribution in [3.8, 4) is 0 Å². The van der Waals surface area contributed by atoms with Gasteiger partial charge >= 0.3 is 0 Å². The normalized spacial score (nSPS) is 13.8. The van der Waals surface area contributed by atoms with Gasteiger partial charge in [-0.3, -0.25) is 0 Å². The lowest BCUT2D eigenvalue weighted by Gasteiger charge is -2.24. The van der Waals surface area contributed by atoms with Gasteiger partial charge in [0.2, 0.25) is 0 Å².